The van der Waals surface area contributed by atoms with Crippen LogP contribution in [0.4, 0.5) is 4.39 Å². The van der Waals surface area contributed by atoms with Crippen molar-refractivity contribution < 1.29 is 18.7 Å². The maximum atomic E-state index is 13.1. The Bertz CT molecular complexity index is 590. The fraction of sp³-hybridized carbons (Fsp3) is 0.579. The van der Waals surface area contributed by atoms with E-state index in [2.05, 4.69) is 0 Å². The SMILES string of the molecule is CCC(CC)C(=O)N1CCCN(C(=O)COc2cccc(F)c2)CC1. The molecule has 1 aromatic rings. The highest BCUT2D eigenvalue weighted by molar-refractivity contribution is 5.80. The van der Waals surface area contributed by atoms with Gasteiger partial charge in [-0.3, -0.25) is 9.59 Å². The van der Waals surface area contributed by atoms with Crippen molar-refractivity contribution in [2.24, 2.45) is 5.92 Å². The van der Waals surface area contributed by atoms with Crippen LogP contribution in [0.25, 0.3) is 0 Å². The minimum atomic E-state index is -0.393. The number of hydrogen-bond acceptors (Lipinski definition) is 3. The summed E-state index contributed by atoms with van der Waals surface area (Å²) in [5.41, 5.74) is 0. The van der Waals surface area contributed by atoms with Gasteiger partial charge >= 0.3 is 0 Å². The van der Waals surface area contributed by atoms with Gasteiger partial charge in [0.15, 0.2) is 6.61 Å². The van der Waals surface area contributed by atoms with Gasteiger partial charge in [-0.05, 0) is 31.4 Å². The second kappa shape index (κ2) is 9.39. The van der Waals surface area contributed by atoms with Crippen molar-refractivity contribution in [3.05, 3.63) is 30.1 Å². The van der Waals surface area contributed by atoms with Gasteiger partial charge in [0.25, 0.3) is 5.91 Å². The van der Waals surface area contributed by atoms with E-state index in [9.17, 15) is 14.0 Å². The van der Waals surface area contributed by atoms with E-state index in [-0.39, 0.29) is 24.3 Å². The molecule has 0 unspecified atom stereocenters. The third kappa shape index (κ3) is 5.44. The van der Waals surface area contributed by atoms with Crippen LogP contribution >= 0.6 is 0 Å². The van der Waals surface area contributed by atoms with Crippen LogP contribution in [0.15, 0.2) is 24.3 Å². The summed E-state index contributed by atoms with van der Waals surface area (Å²) in [6.07, 6.45) is 2.45. The summed E-state index contributed by atoms with van der Waals surface area (Å²) < 4.78 is 18.5. The molecule has 0 atom stereocenters. The molecule has 0 saturated carbocycles. The molecule has 1 saturated heterocycles. The van der Waals surface area contributed by atoms with E-state index in [4.69, 9.17) is 4.74 Å². The Balaban J connectivity index is 1.85. The average Bonchev–Trinajstić information content (AvgIpc) is 2.87. The normalized spacial score (nSPS) is 15.2. The third-order valence-corrected chi connectivity index (χ3v) is 4.65. The number of nitrogens with zero attached hydrogens (tertiary/aromatic N) is 2. The van der Waals surface area contributed by atoms with Crippen LogP contribution in [0.3, 0.4) is 0 Å². The molecule has 0 aliphatic carbocycles. The van der Waals surface area contributed by atoms with Crippen LogP contribution < -0.4 is 4.74 Å². The smallest absolute Gasteiger partial charge is 0.260 e. The topological polar surface area (TPSA) is 49.9 Å². The standard InChI is InChI=1S/C19H27FN2O3/c1-3-15(4-2)19(24)22-10-6-9-21(11-12-22)18(23)14-25-17-8-5-7-16(20)13-17/h5,7-8,13,15H,3-4,6,9-12,14H2,1-2H3. The average molecular weight is 350 g/mol. The van der Waals surface area contributed by atoms with E-state index in [1.807, 2.05) is 18.7 Å². The third-order valence-electron chi connectivity index (χ3n) is 4.65. The first-order chi connectivity index (χ1) is 12.0. The number of ether oxygens (including phenoxy) is 1. The molecule has 0 radical (unpaired) electrons. The van der Waals surface area contributed by atoms with Gasteiger partial charge in [-0.1, -0.05) is 19.9 Å². The molecule has 0 bridgehead atoms. The Kier molecular flexibility index (Phi) is 7.22. The van der Waals surface area contributed by atoms with Crippen LogP contribution in [0.2, 0.25) is 0 Å². The molecule has 1 aromatic carbocycles. The summed E-state index contributed by atoms with van der Waals surface area (Å²) in [6, 6.07) is 5.75. The lowest BCUT2D eigenvalue weighted by Crippen LogP contribution is -2.40. The fourth-order valence-electron chi connectivity index (χ4n) is 3.08. The van der Waals surface area contributed by atoms with Gasteiger partial charge in [0.05, 0.1) is 0 Å². The molecule has 1 fully saturated rings. The van der Waals surface area contributed by atoms with E-state index in [0.29, 0.717) is 31.9 Å². The molecule has 2 amide bonds. The van der Waals surface area contributed by atoms with Gasteiger partial charge in [0, 0.05) is 38.2 Å². The predicted molar refractivity (Wildman–Crippen MR) is 93.7 cm³/mol. The van der Waals surface area contributed by atoms with Crippen molar-refractivity contribution >= 4 is 11.8 Å². The highest BCUT2D eigenvalue weighted by atomic mass is 19.1. The lowest BCUT2D eigenvalue weighted by Gasteiger charge is -2.25. The van der Waals surface area contributed by atoms with Gasteiger partial charge in [0.2, 0.25) is 5.91 Å². The fourth-order valence-corrected chi connectivity index (χ4v) is 3.08. The van der Waals surface area contributed by atoms with Gasteiger partial charge in [-0.25, -0.2) is 4.39 Å². The molecule has 1 aliphatic rings. The summed E-state index contributed by atoms with van der Waals surface area (Å²) in [7, 11) is 0. The zero-order valence-electron chi connectivity index (χ0n) is 15.0. The molecular formula is C19H27FN2O3. The maximum absolute atomic E-state index is 13.1. The molecule has 138 valence electrons. The highest BCUT2D eigenvalue weighted by Gasteiger charge is 2.25. The maximum Gasteiger partial charge on any atom is 0.260 e. The van der Waals surface area contributed by atoms with Crippen LogP contribution in [0.1, 0.15) is 33.1 Å². The van der Waals surface area contributed by atoms with E-state index in [1.165, 1.54) is 12.1 Å². The molecule has 0 N–H and O–H groups in total. The van der Waals surface area contributed by atoms with Crippen LogP contribution in [0, 0.1) is 11.7 Å². The summed E-state index contributed by atoms with van der Waals surface area (Å²) in [5, 5.41) is 0. The van der Waals surface area contributed by atoms with Crippen molar-refractivity contribution in [2.75, 3.05) is 32.8 Å². The molecule has 6 heteroatoms. The van der Waals surface area contributed by atoms with Crippen molar-refractivity contribution in [3.8, 4) is 5.75 Å². The second-order valence-corrected chi connectivity index (χ2v) is 6.32. The second-order valence-electron chi connectivity index (χ2n) is 6.32. The first kappa shape index (κ1) is 19.2. The Hall–Kier alpha value is -2.11. The predicted octanol–water partition coefficient (Wildman–Crippen LogP) is 2.70. The number of rotatable bonds is 6. The number of halogens is 1. The summed E-state index contributed by atoms with van der Waals surface area (Å²) in [4.78, 5) is 28.4. The summed E-state index contributed by atoms with van der Waals surface area (Å²) >= 11 is 0. The quantitative estimate of drug-likeness (QED) is 0.793. The molecule has 25 heavy (non-hydrogen) atoms. The number of amides is 2. The van der Waals surface area contributed by atoms with Gasteiger partial charge < -0.3 is 14.5 Å². The molecule has 1 heterocycles. The van der Waals surface area contributed by atoms with E-state index < -0.39 is 5.82 Å². The summed E-state index contributed by atoms with van der Waals surface area (Å²) in [6.45, 7) is 6.30. The number of carbonyl (C=O) groups is 2. The molecular weight excluding hydrogens is 323 g/mol. The number of carbonyl (C=O) groups excluding carboxylic acids is 2. The van der Waals surface area contributed by atoms with Gasteiger partial charge in [-0.2, -0.15) is 0 Å². The lowest BCUT2D eigenvalue weighted by molar-refractivity contribution is -0.137. The largest absolute Gasteiger partial charge is 0.484 e. The van der Waals surface area contributed by atoms with Crippen LogP contribution in [-0.2, 0) is 9.59 Å². The molecule has 5 nitrogen and oxygen atoms in total. The van der Waals surface area contributed by atoms with Crippen LogP contribution in [0.5, 0.6) is 5.75 Å². The highest BCUT2D eigenvalue weighted by Crippen LogP contribution is 2.15. The van der Waals surface area contributed by atoms with E-state index in [0.717, 1.165) is 19.3 Å². The van der Waals surface area contributed by atoms with Crippen molar-refractivity contribution in [1.82, 2.24) is 9.80 Å². The van der Waals surface area contributed by atoms with Crippen molar-refractivity contribution in [2.45, 2.75) is 33.1 Å². The summed E-state index contributed by atoms with van der Waals surface area (Å²) in [5.74, 6) is 0.0685. The molecule has 0 spiro atoms. The monoisotopic (exact) mass is 350 g/mol. The minimum Gasteiger partial charge on any atom is -0.484 e. The molecule has 2 rings (SSSR count). The van der Waals surface area contributed by atoms with Crippen LogP contribution in [-0.4, -0.2) is 54.4 Å². The Morgan fingerprint density at radius 1 is 1.12 bits per heavy atom. The number of benzene rings is 1. The van der Waals surface area contributed by atoms with Gasteiger partial charge in [-0.15, -0.1) is 0 Å². The Morgan fingerprint density at radius 2 is 1.80 bits per heavy atom. The minimum absolute atomic E-state index is 0.0681. The Morgan fingerprint density at radius 3 is 2.48 bits per heavy atom. The Labute approximate surface area is 148 Å². The first-order valence-corrected chi connectivity index (χ1v) is 9.00. The van der Waals surface area contributed by atoms with Crippen molar-refractivity contribution in [1.29, 1.82) is 0 Å². The van der Waals surface area contributed by atoms with Crippen molar-refractivity contribution in [3.63, 3.8) is 0 Å². The zero-order valence-corrected chi connectivity index (χ0v) is 15.0. The molecule has 0 aromatic heterocycles. The van der Waals surface area contributed by atoms with E-state index >= 15 is 0 Å². The molecule has 1 aliphatic heterocycles. The zero-order chi connectivity index (χ0) is 18.2. The lowest BCUT2D eigenvalue weighted by atomic mass is 10.0. The number of hydrogen-bond donors (Lipinski definition) is 0. The van der Waals surface area contributed by atoms with E-state index in [1.54, 1.807) is 17.0 Å². The first-order valence-electron chi connectivity index (χ1n) is 9.00. The van der Waals surface area contributed by atoms with Gasteiger partial charge in [0.1, 0.15) is 11.6 Å².